The summed E-state index contributed by atoms with van der Waals surface area (Å²) in [4.78, 5) is 10.4. The second-order valence-electron chi connectivity index (χ2n) is 4.60. The van der Waals surface area contributed by atoms with Gasteiger partial charge in [0.25, 0.3) is 5.95 Å². The van der Waals surface area contributed by atoms with Gasteiger partial charge in [0.05, 0.1) is 6.61 Å². The Morgan fingerprint density at radius 3 is 2.33 bits per heavy atom. The van der Waals surface area contributed by atoms with E-state index in [0.717, 1.165) is 6.42 Å². The number of carbonyl (C=O) groups is 1. The number of unbranched alkanes of at least 4 members (excludes halogenated alkanes) is 7. The van der Waals surface area contributed by atoms with Crippen molar-refractivity contribution in [1.29, 1.82) is 0 Å². The number of aldehydes is 1. The molecule has 0 atom stereocenters. The number of rotatable bonds is 11. The topological polar surface area (TPSA) is 39.4 Å². The molecule has 1 aromatic heterocycles. The van der Waals surface area contributed by atoms with Crippen molar-refractivity contribution in [2.24, 2.45) is 0 Å². The van der Waals surface area contributed by atoms with Crippen molar-refractivity contribution < 1.29 is 13.9 Å². The zero-order chi connectivity index (χ0) is 13.1. The lowest BCUT2D eigenvalue weighted by molar-refractivity contribution is 0.109. The summed E-state index contributed by atoms with van der Waals surface area (Å²) in [5.41, 5.74) is 0. The molecule has 0 aromatic carbocycles. The van der Waals surface area contributed by atoms with E-state index < -0.39 is 0 Å². The zero-order valence-corrected chi connectivity index (χ0v) is 11.3. The van der Waals surface area contributed by atoms with Gasteiger partial charge in [-0.2, -0.15) is 0 Å². The van der Waals surface area contributed by atoms with Crippen LogP contribution in [0.25, 0.3) is 0 Å². The van der Waals surface area contributed by atoms with E-state index >= 15 is 0 Å². The predicted octanol–water partition coefficient (Wildman–Crippen LogP) is 4.61. The lowest BCUT2D eigenvalue weighted by Gasteiger charge is -2.03. The van der Waals surface area contributed by atoms with Crippen LogP contribution in [0.1, 0.15) is 68.8 Å². The average Bonchev–Trinajstić information content (AvgIpc) is 2.85. The van der Waals surface area contributed by atoms with Crippen LogP contribution in [0.2, 0.25) is 0 Å². The molecule has 0 spiro atoms. The summed E-state index contributed by atoms with van der Waals surface area (Å²) in [6, 6.07) is 3.31. The Bertz CT molecular complexity index is 317. The van der Waals surface area contributed by atoms with Gasteiger partial charge in [-0.25, -0.2) is 0 Å². The van der Waals surface area contributed by atoms with E-state index in [0.29, 0.717) is 24.6 Å². The van der Waals surface area contributed by atoms with E-state index in [4.69, 9.17) is 9.15 Å². The maximum Gasteiger partial charge on any atom is 0.284 e. The Balaban J connectivity index is 1.91. The first kappa shape index (κ1) is 14.8. The van der Waals surface area contributed by atoms with Gasteiger partial charge < -0.3 is 9.15 Å². The third-order valence-electron chi connectivity index (χ3n) is 2.96. The molecule has 1 aromatic rings. The Hall–Kier alpha value is -1.25. The Morgan fingerprint density at radius 2 is 1.72 bits per heavy atom. The molecule has 18 heavy (non-hydrogen) atoms. The molecule has 0 aliphatic rings. The van der Waals surface area contributed by atoms with Gasteiger partial charge in [0.2, 0.25) is 0 Å². The lowest BCUT2D eigenvalue weighted by Crippen LogP contribution is -1.96. The minimum Gasteiger partial charge on any atom is -0.465 e. The van der Waals surface area contributed by atoms with Crippen LogP contribution in [-0.4, -0.2) is 12.9 Å². The van der Waals surface area contributed by atoms with E-state index in [1.165, 1.54) is 44.9 Å². The van der Waals surface area contributed by atoms with E-state index in [1.807, 2.05) is 0 Å². The number of furan rings is 1. The summed E-state index contributed by atoms with van der Waals surface area (Å²) in [5, 5.41) is 0. The summed E-state index contributed by atoms with van der Waals surface area (Å²) in [5.74, 6) is 0.765. The number of carbonyl (C=O) groups excluding carboxylic acids is 1. The molecule has 1 heterocycles. The number of hydrogen-bond donors (Lipinski definition) is 0. The van der Waals surface area contributed by atoms with Crippen LogP contribution in [0.4, 0.5) is 0 Å². The van der Waals surface area contributed by atoms with Crippen LogP contribution >= 0.6 is 0 Å². The maximum absolute atomic E-state index is 10.4. The van der Waals surface area contributed by atoms with Gasteiger partial charge in [-0.1, -0.05) is 51.9 Å². The molecule has 0 unspecified atom stereocenters. The van der Waals surface area contributed by atoms with Crippen LogP contribution in [0, 0.1) is 0 Å². The van der Waals surface area contributed by atoms with Crippen molar-refractivity contribution in [2.45, 2.75) is 58.3 Å². The first-order valence-corrected chi connectivity index (χ1v) is 7.04. The highest BCUT2D eigenvalue weighted by Gasteiger charge is 2.00. The van der Waals surface area contributed by atoms with Gasteiger partial charge >= 0.3 is 0 Å². The molecule has 1 rings (SSSR count). The quantitative estimate of drug-likeness (QED) is 0.426. The van der Waals surface area contributed by atoms with Crippen molar-refractivity contribution in [2.75, 3.05) is 6.61 Å². The summed E-state index contributed by atoms with van der Waals surface area (Å²) >= 11 is 0. The Morgan fingerprint density at radius 1 is 1.06 bits per heavy atom. The second kappa shape index (κ2) is 9.75. The molecule has 0 aliphatic heterocycles. The lowest BCUT2D eigenvalue weighted by atomic mass is 10.1. The van der Waals surface area contributed by atoms with Gasteiger partial charge in [0.15, 0.2) is 12.0 Å². The van der Waals surface area contributed by atoms with Crippen molar-refractivity contribution in [3.8, 4) is 5.95 Å². The molecular formula is C15H24O3. The maximum atomic E-state index is 10.4. The number of hydrogen-bond acceptors (Lipinski definition) is 3. The van der Waals surface area contributed by atoms with Gasteiger partial charge in [0.1, 0.15) is 0 Å². The van der Waals surface area contributed by atoms with E-state index in [-0.39, 0.29) is 0 Å². The molecule has 0 saturated carbocycles. The van der Waals surface area contributed by atoms with Crippen molar-refractivity contribution >= 4 is 6.29 Å². The fourth-order valence-corrected chi connectivity index (χ4v) is 1.88. The summed E-state index contributed by atoms with van der Waals surface area (Å²) in [6.07, 6.45) is 10.9. The normalized spacial score (nSPS) is 10.5. The fraction of sp³-hybridized carbons (Fsp3) is 0.667. The summed E-state index contributed by atoms with van der Waals surface area (Å²) < 4.78 is 10.5. The van der Waals surface area contributed by atoms with Crippen LogP contribution < -0.4 is 4.74 Å². The minimum atomic E-state index is 0.320. The predicted molar refractivity (Wildman–Crippen MR) is 72.2 cm³/mol. The molecule has 0 amide bonds. The number of ether oxygens (including phenoxy) is 1. The van der Waals surface area contributed by atoms with Crippen LogP contribution in [0.15, 0.2) is 16.5 Å². The molecule has 0 bridgehead atoms. The molecule has 0 N–H and O–H groups in total. The van der Waals surface area contributed by atoms with Crippen molar-refractivity contribution in [1.82, 2.24) is 0 Å². The first-order chi connectivity index (χ1) is 8.86. The molecule has 0 radical (unpaired) electrons. The first-order valence-electron chi connectivity index (χ1n) is 7.04. The Labute approximate surface area is 110 Å². The SMILES string of the molecule is CCCCCCCCCCOc1ccc(C=O)o1. The fourth-order valence-electron chi connectivity index (χ4n) is 1.88. The zero-order valence-electron chi connectivity index (χ0n) is 11.3. The molecule has 3 heteroatoms. The van der Waals surface area contributed by atoms with Gasteiger partial charge in [-0.15, -0.1) is 0 Å². The van der Waals surface area contributed by atoms with Gasteiger partial charge in [-0.3, -0.25) is 4.79 Å². The third-order valence-corrected chi connectivity index (χ3v) is 2.96. The molecule has 0 aliphatic carbocycles. The summed E-state index contributed by atoms with van der Waals surface area (Å²) in [7, 11) is 0. The van der Waals surface area contributed by atoms with Gasteiger partial charge in [0, 0.05) is 6.07 Å². The monoisotopic (exact) mass is 252 g/mol. The molecular weight excluding hydrogens is 228 g/mol. The molecule has 3 nitrogen and oxygen atoms in total. The highest BCUT2D eigenvalue weighted by atomic mass is 16.6. The summed E-state index contributed by atoms with van der Waals surface area (Å²) in [6.45, 7) is 2.91. The van der Waals surface area contributed by atoms with Crippen LogP contribution in [-0.2, 0) is 0 Å². The standard InChI is InChI=1S/C15H24O3/c1-2-3-4-5-6-7-8-9-12-17-15-11-10-14(13-16)18-15/h10-11,13H,2-9,12H2,1H3. The smallest absolute Gasteiger partial charge is 0.284 e. The van der Waals surface area contributed by atoms with E-state index in [2.05, 4.69) is 6.92 Å². The van der Waals surface area contributed by atoms with Gasteiger partial charge in [-0.05, 0) is 12.5 Å². The average molecular weight is 252 g/mol. The highest BCUT2D eigenvalue weighted by Crippen LogP contribution is 2.15. The molecule has 0 saturated heterocycles. The third kappa shape index (κ3) is 6.48. The highest BCUT2D eigenvalue weighted by molar-refractivity contribution is 5.70. The van der Waals surface area contributed by atoms with Crippen LogP contribution in [0.5, 0.6) is 5.95 Å². The minimum absolute atomic E-state index is 0.320. The van der Waals surface area contributed by atoms with E-state index in [1.54, 1.807) is 12.1 Å². The largest absolute Gasteiger partial charge is 0.465 e. The molecule has 0 fully saturated rings. The van der Waals surface area contributed by atoms with Crippen molar-refractivity contribution in [3.05, 3.63) is 17.9 Å². The molecule has 102 valence electrons. The Kier molecular flexibility index (Phi) is 8.02. The van der Waals surface area contributed by atoms with Crippen LogP contribution in [0.3, 0.4) is 0 Å². The van der Waals surface area contributed by atoms with E-state index in [9.17, 15) is 4.79 Å². The second-order valence-corrected chi connectivity index (χ2v) is 4.60. The van der Waals surface area contributed by atoms with Crippen molar-refractivity contribution in [3.63, 3.8) is 0 Å².